The molecule has 18 heavy (non-hydrogen) atoms. The Morgan fingerprint density at radius 3 is 2.78 bits per heavy atom. The minimum atomic E-state index is -0.0203. The average molecular weight is 238 g/mol. The summed E-state index contributed by atoms with van der Waals surface area (Å²) in [6.45, 7) is 2.07. The van der Waals surface area contributed by atoms with Crippen molar-refractivity contribution in [2.24, 2.45) is 0 Å². The first-order chi connectivity index (χ1) is 8.77. The molecule has 0 saturated carbocycles. The molecule has 0 saturated heterocycles. The van der Waals surface area contributed by atoms with E-state index in [1.807, 2.05) is 35.2 Å². The molecule has 90 valence electrons. The van der Waals surface area contributed by atoms with Crippen LogP contribution in [0.5, 0.6) is 0 Å². The third-order valence-corrected chi connectivity index (χ3v) is 3.31. The van der Waals surface area contributed by atoms with Gasteiger partial charge in [-0.05, 0) is 37.1 Å². The smallest absolute Gasteiger partial charge is 0.277 e. The third-order valence-electron chi connectivity index (χ3n) is 3.31. The van der Waals surface area contributed by atoms with Gasteiger partial charge in [0.15, 0.2) is 0 Å². The highest BCUT2D eigenvalue weighted by Gasteiger charge is 2.31. The van der Waals surface area contributed by atoms with Gasteiger partial charge < -0.3 is 4.90 Å². The summed E-state index contributed by atoms with van der Waals surface area (Å²) < 4.78 is 0. The molecule has 1 aliphatic heterocycles. The van der Waals surface area contributed by atoms with Crippen molar-refractivity contribution in [3.63, 3.8) is 0 Å². The molecule has 0 fully saturated rings. The number of pyridine rings is 1. The van der Waals surface area contributed by atoms with E-state index >= 15 is 0 Å². The number of fused-ring (bicyclic) bond motifs is 1. The summed E-state index contributed by atoms with van der Waals surface area (Å²) in [7, 11) is 0. The molecule has 1 amide bonds. The summed E-state index contributed by atoms with van der Waals surface area (Å²) in [5, 5.41) is 0. The summed E-state index contributed by atoms with van der Waals surface area (Å²) >= 11 is 0. The summed E-state index contributed by atoms with van der Waals surface area (Å²) in [6, 6.07) is 13.7. The highest BCUT2D eigenvalue weighted by molar-refractivity contribution is 6.06. The van der Waals surface area contributed by atoms with Crippen LogP contribution in [0.25, 0.3) is 0 Å². The lowest BCUT2D eigenvalue weighted by Gasteiger charge is -2.22. The van der Waals surface area contributed by atoms with E-state index in [1.165, 1.54) is 5.56 Å². The highest BCUT2D eigenvalue weighted by Crippen LogP contribution is 2.32. The zero-order valence-corrected chi connectivity index (χ0v) is 10.2. The summed E-state index contributed by atoms with van der Waals surface area (Å²) in [5.41, 5.74) is 2.75. The number of carbonyl (C=O) groups is 1. The SMILES string of the molecule is C[C@@H]1Cc2ccccc2N1C(=O)c1ccccn1. The Morgan fingerprint density at radius 2 is 2.00 bits per heavy atom. The number of nitrogens with zero attached hydrogens (tertiary/aromatic N) is 2. The number of benzene rings is 1. The lowest BCUT2D eigenvalue weighted by Crippen LogP contribution is -2.36. The van der Waals surface area contributed by atoms with Crippen LogP contribution in [0.1, 0.15) is 23.0 Å². The van der Waals surface area contributed by atoms with Gasteiger partial charge >= 0.3 is 0 Å². The average Bonchev–Trinajstić information content (AvgIpc) is 2.75. The largest absolute Gasteiger partial charge is 0.304 e. The zero-order chi connectivity index (χ0) is 12.5. The van der Waals surface area contributed by atoms with Crippen LogP contribution in [0, 0.1) is 0 Å². The summed E-state index contributed by atoms with van der Waals surface area (Å²) in [5.74, 6) is -0.0203. The number of hydrogen-bond donors (Lipinski definition) is 0. The van der Waals surface area contributed by atoms with Gasteiger partial charge in [-0.3, -0.25) is 9.78 Å². The van der Waals surface area contributed by atoms with Crippen LogP contribution in [0.2, 0.25) is 0 Å². The van der Waals surface area contributed by atoms with Crippen molar-refractivity contribution in [1.29, 1.82) is 0 Å². The number of amides is 1. The van der Waals surface area contributed by atoms with Gasteiger partial charge in [0, 0.05) is 17.9 Å². The second-order valence-electron chi connectivity index (χ2n) is 4.57. The van der Waals surface area contributed by atoms with Crippen molar-refractivity contribution >= 4 is 11.6 Å². The number of anilines is 1. The van der Waals surface area contributed by atoms with Gasteiger partial charge in [-0.1, -0.05) is 24.3 Å². The Kier molecular flexibility index (Phi) is 2.59. The molecule has 0 aliphatic carbocycles. The monoisotopic (exact) mass is 238 g/mol. The Hall–Kier alpha value is -2.16. The van der Waals surface area contributed by atoms with E-state index in [0.717, 1.165) is 12.1 Å². The molecular weight excluding hydrogens is 224 g/mol. The van der Waals surface area contributed by atoms with Crippen molar-refractivity contribution in [2.45, 2.75) is 19.4 Å². The molecule has 0 unspecified atom stereocenters. The first-order valence-corrected chi connectivity index (χ1v) is 6.10. The molecule has 0 bridgehead atoms. The van der Waals surface area contributed by atoms with Crippen LogP contribution in [0.3, 0.4) is 0 Å². The van der Waals surface area contributed by atoms with E-state index in [0.29, 0.717) is 5.69 Å². The van der Waals surface area contributed by atoms with Crippen molar-refractivity contribution in [2.75, 3.05) is 4.90 Å². The van der Waals surface area contributed by atoms with Crippen LogP contribution in [0.15, 0.2) is 48.7 Å². The molecule has 2 heterocycles. The molecule has 1 aromatic heterocycles. The predicted molar refractivity (Wildman–Crippen MR) is 70.7 cm³/mol. The maximum Gasteiger partial charge on any atom is 0.277 e. The molecule has 0 radical (unpaired) electrons. The van der Waals surface area contributed by atoms with Crippen LogP contribution in [-0.2, 0) is 6.42 Å². The predicted octanol–water partition coefficient (Wildman–Crippen LogP) is 2.67. The first kappa shape index (κ1) is 11.0. The molecule has 3 rings (SSSR count). The number of hydrogen-bond acceptors (Lipinski definition) is 2. The standard InChI is InChI=1S/C15H14N2O/c1-11-10-12-6-2-3-8-14(12)17(11)15(18)13-7-4-5-9-16-13/h2-9,11H,10H2,1H3/t11-/m1/s1. The lowest BCUT2D eigenvalue weighted by molar-refractivity contribution is 0.0976. The molecule has 1 aliphatic rings. The Labute approximate surface area is 106 Å². The number of aromatic nitrogens is 1. The van der Waals surface area contributed by atoms with Gasteiger partial charge in [0.25, 0.3) is 5.91 Å². The number of para-hydroxylation sites is 1. The number of rotatable bonds is 1. The molecule has 1 atom stereocenters. The van der Waals surface area contributed by atoms with Crippen molar-refractivity contribution in [1.82, 2.24) is 4.98 Å². The van der Waals surface area contributed by atoms with Crippen LogP contribution < -0.4 is 4.90 Å². The first-order valence-electron chi connectivity index (χ1n) is 6.10. The van der Waals surface area contributed by atoms with E-state index in [9.17, 15) is 4.79 Å². The topological polar surface area (TPSA) is 33.2 Å². The molecular formula is C15H14N2O. The maximum absolute atomic E-state index is 12.5. The fourth-order valence-corrected chi connectivity index (χ4v) is 2.49. The zero-order valence-electron chi connectivity index (χ0n) is 10.2. The highest BCUT2D eigenvalue weighted by atomic mass is 16.2. The van der Waals surface area contributed by atoms with Gasteiger partial charge in [-0.25, -0.2) is 0 Å². The summed E-state index contributed by atoms with van der Waals surface area (Å²) in [6.07, 6.45) is 2.56. The van der Waals surface area contributed by atoms with E-state index in [4.69, 9.17) is 0 Å². The Bertz CT molecular complexity index is 580. The normalized spacial score (nSPS) is 17.6. The van der Waals surface area contributed by atoms with E-state index in [2.05, 4.69) is 18.0 Å². The fraction of sp³-hybridized carbons (Fsp3) is 0.200. The van der Waals surface area contributed by atoms with E-state index < -0.39 is 0 Å². The molecule has 2 aromatic rings. The van der Waals surface area contributed by atoms with Crippen molar-refractivity contribution in [3.8, 4) is 0 Å². The fourth-order valence-electron chi connectivity index (χ4n) is 2.49. The molecule has 0 spiro atoms. The van der Waals surface area contributed by atoms with Gasteiger partial charge in [-0.2, -0.15) is 0 Å². The second kappa shape index (κ2) is 4.26. The van der Waals surface area contributed by atoms with Crippen LogP contribution in [0.4, 0.5) is 5.69 Å². The summed E-state index contributed by atoms with van der Waals surface area (Å²) in [4.78, 5) is 18.5. The van der Waals surface area contributed by atoms with Gasteiger partial charge in [0.2, 0.25) is 0 Å². The molecule has 1 aromatic carbocycles. The quantitative estimate of drug-likeness (QED) is 0.765. The Balaban J connectivity index is 2.00. The third kappa shape index (κ3) is 1.68. The molecule has 0 N–H and O–H groups in total. The van der Waals surface area contributed by atoms with Crippen LogP contribution >= 0.6 is 0 Å². The Morgan fingerprint density at radius 1 is 1.22 bits per heavy atom. The minimum Gasteiger partial charge on any atom is -0.304 e. The second-order valence-corrected chi connectivity index (χ2v) is 4.57. The lowest BCUT2D eigenvalue weighted by atomic mass is 10.1. The minimum absolute atomic E-state index is 0.0203. The van der Waals surface area contributed by atoms with E-state index in [1.54, 1.807) is 12.3 Å². The van der Waals surface area contributed by atoms with Gasteiger partial charge in [0.1, 0.15) is 5.69 Å². The van der Waals surface area contributed by atoms with Gasteiger partial charge in [-0.15, -0.1) is 0 Å². The van der Waals surface area contributed by atoms with Crippen molar-refractivity contribution in [3.05, 3.63) is 59.9 Å². The maximum atomic E-state index is 12.5. The van der Waals surface area contributed by atoms with Gasteiger partial charge in [0.05, 0.1) is 0 Å². The van der Waals surface area contributed by atoms with Crippen molar-refractivity contribution < 1.29 is 4.79 Å². The number of carbonyl (C=O) groups excluding carboxylic acids is 1. The van der Waals surface area contributed by atoms with Crippen LogP contribution in [-0.4, -0.2) is 16.9 Å². The van der Waals surface area contributed by atoms with E-state index in [-0.39, 0.29) is 11.9 Å². The molecule has 3 heteroatoms. The molecule has 3 nitrogen and oxygen atoms in total.